The van der Waals surface area contributed by atoms with E-state index in [1.165, 1.54) is 31.4 Å². The summed E-state index contributed by atoms with van der Waals surface area (Å²) in [7, 11) is 1.72. The molecule has 1 saturated heterocycles. The van der Waals surface area contributed by atoms with Crippen molar-refractivity contribution in [1.29, 1.82) is 0 Å². The number of hydrogen-bond donors (Lipinski definition) is 2. The van der Waals surface area contributed by atoms with Crippen molar-refractivity contribution in [3.63, 3.8) is 0 Å². The van der Waals surface area contributed by atoms with Crippen LogP contribution in [0.5, 0.6) is 5.75 Å². The van der Waals surface area contributed by atoms with Gasteiger partial charge in [-0.2, -0.15) is 0 Å². The van der Waals surface area contributed by atoms with Gasteiger partial charge >= 0.3 is 0 Å². The summed E-state index contributed by atoms with van der Waals surface area (Å²) in [6.45, 7) is 15.0. The van der Waals surface area contributed by atoms with Crippen molar-refractivity contribution in [3.05, 3.63) is 29.8 Å². The molecule has 1 aromatic carbocycles. The average Bonchev–Trinajstić information content (AvgIpc) is 3.31. The number of aliphatic imine (C=N–C) groups is 1. The molecule has 1 aliphatic heterocycles. The lowest BCUT2D eigenvalue weighted by Gasteiger charge is -2.27. The molecular weight excluding hydrogens is 501 g/mol. The molecule has 0 radical (unpaired) electrons. The molecular formula is C24H44IN5O. The van der Waals surface area contributed by atoms with E-state index in [4.69, 9.17) is 9.73 Å². The number of unbranched alkanes of at least 4 members (excludes halogenated alkanes) is 1. The van der Waals surface area contributed by atoms with Crippen molar-refractivity contribution in [1.82, 2.24) is 20.4 Å². The highest BCUT2D eigenvalue weighted by atomic mass is 127. The Kier molecular flexibility index (Phi) is 14.9. The molecule has 2 N–H and O–H groups in total. The number of ether oxygens (including phenoxy) is 1. The van der Waals surface area contributed by atoms with Gasteiger partial charge < -0.3 is 20.3 Å². The van der Waals surface area contributed by atoms with Crippen molar-refractivity contribution in [2.24, 2.45) is 4.99 Å². The largest absolute Gasteiger partial charge is 0.497 e. The summed E-state index contributed by atoms with van der Waals surface area (Å²) in [5, 5.41) is 6.94. The first-order valence-electron chi connectivity index (χ1n) is 11.8. The molecule has 178 valence electrons. The summed E-state index contributed by atoms with van der Waals surface area (Å²) >= 11 is 0. The minimum absolute atomic E-state index is 0. The van der Waals surface area contributed by atoms with Crippen LogP contribution < -0.4 is 15.4 Å². The van der Waals surface area contributed by atoms with Crippen molar-refractivity contribution in [3.8, 4) is 5.75 Å². The third kappa shape index (κ3) is 9.95. The molecule has 1 atom stereocenters. The summed E-state index contributed by atoms with van der Waals surface area (Å²) in [5.74, 6) is 1.83. The third-order valence-corrected chi connectivity index (χ3v) is 5.94. The molecule has 31 heavy (non-hydrogen) atoms. The van der Waals surface area contributed by atoms with E-state index < -0.39 is 0 Å². The highest BCUT2D eigenvalue weighted by Gasteiger charge is 2.23. The van der Waals surface area contributed by atoms with Crippen molar-refractivity contribution in [2.45, 2.75) is 52.5 Å². The first kappa shape index (κ1) is 28.0. The maximum absolute atomic E-state index is 5.33. The standard InChI is InChI=1S/C24H43N5O.HI/c1-5-25-24(26-16-8-9-17-28(6-2)7-3)27-20-23(29-18-10-11-19-29)21-12-14-22(30-4)15-13-21;/h12-15,23H,5-11,16-20H2,1-4H3,(H2,25,26,27);1H. The van der Waals surface area contributed by atoms with Gasteiger partial charge in [0.1, 0.15) is 5.75 Å². The van der Waals surface area contributed by atoms with Gasteiger partial charge in [0.25, 0.3) is 0 Å². The summed E-state index contributed by atoms with van der Waals surface area (Å²) in [5.41, 5.74) is 1.32. The minimum atomic E-state index is 0. The lowest BCUT2D eigenvalue weighted by atomic mass is 10.1. The van der Waals surface area contributed by atoms with Crippen LogP contribution in [0.1, 0.15) is 58.1 Å². The van der Waals surface area contributed by atoms with Crippen LogP contribution in [-0.4, -0.2) is 75.2 Å². The molecule has 0 aliphatic carbocycles. The van der Waals surface area contributed by atoms with Crippen LogP contribution in [0, 0.1) is 0 Å². The first-order valence-corrected chi connectivity index (χ1v) is 11.8. The van der Waals surface area contributed by atoms with Gasteiger partial charge in [-0.05, 0) is 83.0 Å². The Morgan fingerprint density at radius 3 is 2.32 bits per heavy atom. The lowest BCUT2D eigenvalue weighted by molar-refractivity contribution is 0.251. The van der Waals surface area contributed by atoms with Gasteiger partial charge in [0.15, 0.2) is 5.96 Å². The predicted molar refractivity (Wildman–Crippen MR) is 143 cm³/mol. The zero-order valence-electron chi connectivity index (χ0n) is 20.0. The third-order valence-electron chi connectivity index (χ3n) is 5.94. The molecule has 0 spiro atoms. The van der Waals surface area contributed by atoms with Crippen LogP contribution in [0.2, 0.25) is 0 Å². The monoisotopic (exact) mass is 545 g/mol. The van der Waals surface area contributed by atoms with Gasteiger partial charge in [-0.15, -0.1) is 24.0 Å². The highest BCUT2D eigenvalue weighted by Crippen LogP contribution is 2.27. The molecule has 1 unspecified atom stereocenters. The van der Waals surface area contributed by atoms with Crippen LogP contribution in [0.15, 0.2) is 29.3 Å². The second-order valence-electron chi connectivity index (χ2n) is 7.91. The van der Waals surface area contributed by atoms with Crippen molar-refractivity contribution < 1.29 is 4.74 Å². The number of rotatable bonds is 13. The zero-order chi connectivity index (χ0) is 21.6. The average molecular weight is 546 g/mol. The molecule has 1 aliphatic rings. The van der Waals surface area contributed by atoms with Crippen LogP contribution in [-0.2, 0) is 0 Å². The van der Waals surface area contributed by atoms with Gasteiger partial charge in [-0.25, -0.2) is 0 Å². The fourth-order valence-electron chi connectivity index (χ4n) is 4.04. The Bertz CT molecular complexity index is 600. The SMILES string of the molecule is CCNC(=NCC(c1ccc(OC)cc1)N1CCCC1)NCCCCN(CC)CC.I. The Morgan fingerprint density at radius 2 is 1.74 bits per heavy atom. The zero-order valence-corrected chi connectivity index (χ0v) is 22.4. The Balaban J connectivity index is 0.00000480. The quantitative estimate of drug-likeness (QED) is 0.169. The number of benzene rings is 1. The topological polar surface area (TPSA) is 52.1 Å². The molecule has 0 aromatic heterocycles. The Labute approximate surface area is 207 Å². The van der Waals surface area contributed by atoms with E-state index >= 15 is 0 Å². The van der Waals surface area contributed by atoms with E-state index in [-0.39, 0.29) is 24.0 Å². The highest BCUT2D eigenvalue weighted by molar-refractivity contribution is 14.0. The molecule has 0 bridgehead atoms. The van der Waals surface area contributed by atoms with E-state index in [9.17, 15) is 0 Å². The second-order valence-corrected chi connectivity index (χ2v) is 7.91. The number of guanidine groups is 1. The smallest absolute Gasteiger partial charge is 0.191 e. The number of nitrogens with zero attached hydrogens (tertiary/aromatic N) is 3. The van der Waals surface area contributed by atoms with Gasteiger partial charge in [-0.3, -0.25) is 9.89 Å². The van der Waals surface area contributed by atoms with Crippen LogP contribution >= 0.6 is 24.0 Å². The van der Waals surface area contributed by atoms with Gasteiger partial charge in [-0.1, -0.05) is 26.0 Å². The summed E-state index contributed by atoms with van der Waals surface area (Å²) in [4.78, 5) is 10.0. The van der Waals surface area contributed by atoms with Gasteiger partial charge in [0.05, 0.1) is 19.7 Å². The number of hydrogen-bond acceptors (Lipinski definition) is 4. The van der Waals surface area contributed by atoms with E-state index in [2.05, 4.69) is 65.5 Å². The van der Waals surface area contributed by atoms with Crippen LogP contribution in [0.3, 0.4) is 0 Å². The van der Waals surface area contributed by atoms with Gasteiger partial charge in [0.2, 0.25) is 0 Å². The summed E-state index contributed by atoms with van der Waals surface area (Å²) in [6.07, 6.45) is 4.94. The Morgan fingerprint density at radius 1 is 1.06 bits per heavy atom. The first-order chi connectivity index (χ1) is 14.7. The molecule has 0 saturated carbocycles. The molecule has 1 heterocycles. The second kappa shape index (κ2) is 16.6. The summed E-state index contributed by atoms with van der Waals surface area (Å²) < 4.78 is 5.33. The fraction of sp³-hybridized carbons (Fsp3) is 0.708. The lowest BCUT2D eigenvalue weighted by Crippen LogP contribution is -2.39. The molecule has 1 fully saturated rings. The van der Waals surface area contributed by atoms with E-state index in [0.717, 1.165) is 63.9 Å². The van der Waals surface area contributed by atoms with Gasteiger partial charge in [0, 0.05) is 13.1 Å². The number of likely N-dealkylation sites (tertiary alicyclic amines) is 1. The fourth-order valence-corrected chi connectivity index (χ4v) is 4.04. The van der Waals surface area contributed by atoms with E-state index in [1.54, 1.807) is 7.11 Å². The molecule has 2 rings (SSSR count). The van der Waals surface area contributed by atoms with E-state index in [0.29, 0.717) is 6.04 Å². The van der Waals surface area contributed by atoms with E-state index in [1.807, 2.05) is 0 Å². The maximum Gasteiger partial charge on any atom is 0.191 e. The van der Waals surface area contributed by atoms with Crippen molar-refractivity contribution in [2.75, 3.05) is 59.5 Å². The predicted octanol–water partition coefficient (Wildman–Crippen LogP) is 4.13. The van der Waals surface area contributed by atoms with Crippen LogP contribution in [0.4, 0.5) is 0 Å². The number of methoxy groups -OCH3 is 1. The molecule has 0 amide bonds. The number of halogens is 1. The maximum atomic E-state index is 5.33. The molecule has 6 nitrogen and oxygen atoms in total. The van der Waals surface area contributed by atoms with Crippen LogP contribution in [0.25, 0.3) is 0 Å². The Hall–Kier alpha value is -1.06. The molecule has 1 aromatic rings. The number of nitrogens with one attached hydrogen (secondary N) is 2. The molecule has 7 heteroatoms. The minimum Gasteiger partial charge on any atom is -0.497 e. The summed E-state index contributed by atoms with van der Waals surface area (Å²) in [6, 6.07) is 8.80. The normalized spacial score (nSPS) is 15.6. The van der Waals surface area contributed by atoms with Crippen molar-refractivity contribution >= 4 is 29.9 Å².